The van der Waals surface area contributed by atoms with Crippen LogP contribution in [0.1, 0.15) is 11.1 Å². The van der Waals surface area contributed by atoms with Gasteiger partial charge in [0.05, 0.1) is 0 Å². The van der Waals surface area contributed by atoms with E-state index in [1.165, 1.54) is 23.7 Å². The van der Waals surface area contributed by atoms with Gasteiger partial charge in [-0.3, -0.25) is 15.0 Å². The van der Waals surface area contributed by atoms with Gasteiger partial charge in [-0.05, 0) is 11.1 Å². The maximum absolute atomic E-state index is 10.8. The summed E-state index contributed by atoms with van der Waals surface area (Å²) in [4.78, 5) is 18.3. The monoisotopic (exact) mass is 255 g/mol. The van der Waals surface area contributed by atoms with Crippen LogP contribution in [0.3, 0.4) is 0 Å². The fraction of sp³-hybridized carbons (Fsp3) is 0.154. The van der Waals surface area contributed by atoms with Crippen molar-refractivity contribution in [2.75, 3.05) is 0 Å². The van der Waals surface area contributed by atoms with E-state index in [2.05, 4.69) is 49.7 Å². The molecule has 6 nitrogen and oxygen atoms in total. The molecule has 0 atom stereocenters. The van der Waals surface area contributed by atoms with Crippen LogP contribution in [0.15, 0.2) is 41.6 Å². The maximum atomic E-state index is 10.8. The lowest BCUT2D eigenvalue weighted by atomic mass is 10.1. The second kappa shape index (κ2) is 5.03. The topological polar surface area (TPSA) is 86.5 Å². The summed E-state index contributed by atoms with van der Waals surface area (Å²) < 4.78 is 0. The average molecular weight is 255 g/mol. The van der Waals surface area contributed by atoms with Gasteiger partial charge in [-0.2, -0.15) is 0 Å². The Labute approximate surface area is 108 Å². The average Bonchev–Trinajstić information content (AvgIpc) is 3.07. The number of rotatable bonds is 0. The Hall–Kier alpha value is -2.47. The first-order valence-corrected chi connectivity index (χ1v) is 5.98. The smallest absolute Gasteiger partial charge is 0.275 e. The Kier molecular flexibility index (Phi) is 3.07. The predicted octanol–water partition coefficient (Wildman–Crippen LogP) is 0.936. The summed E-state index contributed by atoms with van der Waals surface area (Å²) in [5.41, 5.74) is 3.27. The standard InChI is InChI=1S/C8H9N.C5H4N4O/c1-2-4-8-6-9-5-7(8)3-1;10-5-3-1-6-2-7-4(3)8-9-5/h1-4,9H,5-6H2;1-2H,(H2,6,7,8,9,10). The lowest BCUT2D eigenvalue weighted by molar-refractivity contribution is 0.765. The molecule has 0 unspecified atom stereocenters. The number of benzene rings is 1. The molecule has 0 aliphatic carbocycles. The van der Waals surface area contributed by atoms with E-state index < -0.39 is 0 Å². The third kappa shape index (κ3) is 2.38. The van der Waals surface area contributed by atoms with Gasteiger partial charge < -0.3 is 5.32 Å². The van der Waals surface area contributed by atoms with E-state index in [9.17, 15) is 4.79 Å². The molecule has 4 rings (SSSR count). The number of hydrogen-bond donors (Lipinski definition) is 3. The van der Waals surface area contributed by atoms with Crippen molar-refractivity contribution in [3.8, 4) is 0 Å². The van der Waals surface area contributed by atoms with Gasteiger partial charge in [-0.25, -0.2) is 9.97 Å². The molecule has 0 spiro atoms. The lowest BCUT2D eigenvalue weighted by Gasteiger charge is -1.91. The summed E-state index contributed by atoms with van der Waals surface area (Å²) in [7, 11) is 0. The Morgan fingerprint density at radius 2 is 1.79 bits per heavy atom. The quantitative estimate of drug-likeness (QED) is 0.558. The first-order valence-electron chi connectivity index (χ1n) is 5.98. The van der Waals surface area contributed by atoms with Crippen molar-refractivity contribution in [2.24, 2.45) is 0 Å². The molecule has 3 heterocycles. The molecule has 6 heteroatoms. The molecule has 96 valence electrons. The summed E-state index contributed by atoms with van der Waals surface area (Å²) in [5.74, 6) is 0. The number of fused-ring (bicyclic) bond motifs is 2. The van der Waals surface area contributed by atoms with Gasteiger partial charge in [0.25, 0.3) is 5.56 Å². The highest BCUT2D eigenvalue weighted by molar-refractivity contribution is 5.71. The Balaban J connectivity index is 0.000000117. The van der Waals surface area contributed by atoms with Crippen molar-refractivity contribution in [2.45, 2.75) is 13.1 Å². The van der Waals surface area contributed by atoms with E-state index >= 15 is 0 Å². The highest BCUT2D eigenvalue weighted by Gasteiger charge is 2.06. The summed E-state index contributed by atoms with van der Waals surface area (Å²) in [6, 6.07) is 8.53. The van der Waals surface area contributed by atoms with Crippen molar-refractivity contribution >= 4 is 11.0 Å². The number of aromatic amines is 2. The van der Waals surface area contributed by atoms with Gasteiger partial charge in [-0.1, -0.05) is 24.3 Å². The van der Waals surface area contributed by atoms with E-state index in [-0.39, 0.29) is 5.56 Å². The van der Waals surface area contributed by atoms with Crippen LogP contribution in [0.5, 0.6) is 0 Å². The van der Waals surface area contributed by atoms with Crippen molar-refractivity contribution < 1.29 is 0 Å². The summed E-state index contributed by atoms with van der Waals surface area (Å²) in [6.07, 6.45) is 2.85. The van der Waals surface area contributed by atoms with E-state index in [1.54, 1.807) is 0 Å². The highest BCUT2D eigenvalue weighted by Crippen LogP contribution is 2.12. The molecular formula is C13H13N5O. The first-order chi connectivity index (χ1) is 9.34. The van der Waals surface area contributed by atoms with Gasteiger partial charge >= 0.3 is 0 Å². The van der Waals surface area contributed by atoms with Crippen LogP contribution < -0.4 is 10.9 Å². The molecule has 3 aromatic rings. The summed E-state index contributed by atoms with van der Waals surface area (Å²) >= 11 is 0. The Bertz CT molecular complexity index is 723. The second-order valence-electron chi connectivity index (χ2n) is 4.24. The van der Waals surface area contributed by atoms with Crippen LogP contribution in [-0.4, -0.2) is 20.2 Å². The molecule has 1 aliphatic heterocycles. The largest absolute Gasteiger partial charge is 0.309 e. The second-order valence-corrected chi connectivity index (χ2v) is 4.24. The third-order valence-corrected chi connectivity index (χ3v) is 3.00. The van der Waals surface area contributed by atoms with Crippen LogP contribution in [0.25, 0.3) is 11.0 Å². The van der Waals surface area contributed by atoms with E-state index in [0.717, 1.165) is 13.1 Å². The molecular weight excluding hydrogens is 242 g/mol. The minimum absolute atomic E-state index is 0.185. The van der Waals surface area contributed by atoms with Crippen LogP contribution in [-0.2, 0) is 13.1 Å². The van der Waals surface area contributed by atoms with Gasteiger partial charge in [-0.15, -0.1) is 0 Å². The van der Waals surface area contributed by atoms with E-state index in [1.807, 2.05) is 0 Å². The molecule has 19 heavy (non-hydrogen) atoms. The highest BCUT2D eigenvalue weighted by atomic mass is 16.1. The van der Waals surface area contributed by atoms with Crippen LogP contribution in [0, 0.1) is 0 Å². The minimum atomic E-state index is -0.185. The first kappa shape index (κ1) is 11.6. The van der Waals surface area contributed by atoms with Crippen LogP contribution >= 0.6 is 0 Å². The van der Waals surface area contributed by atoms with Crippen molar-refractivity contribution in [3.05, 3.63) is 58.3 Å². The Morgan fingerprint density at radius 3 is 2.47 bits per heavy atom. The normalized spacial score (nSPS) is 12.8. The lowest BCUT2D eigenvalue weighted by Crippen LogP contribution is -1.99. The number of aromatic nitrogens is 4. The molecule has 1 aliphatic rings. The molecule has 1 aromatic carbocycles. The number of nitrogens with one attached hydrogen (secondary N) is 3. The molecule has 0 bridgehead atoms. The van der Waals surface area contributed by atoms with Crippen molar-refractivity contribution in [1.29, 1.82) is 0 Å². The Morgan fingerprint density at radius 1 is 1.05 bits per heavy atom. The molecule has 0 fully saturated rings. The van der Waals surface area contributed by atoms with Gasteiger partial charge in [0.2, 0.25) is 0 Å². The van der Waals surface area contributed by atoms with Crippen LogP contribution in [0.4, 0.5) is 0 Å². The minimum Gasteiger partial charge on any atom is -0.309 e. The van der Waals surface area contributed by atoms with Gasteiger partial charge in [0, 0.05) is 19.3 Å². The molecule has 2 aromatic heterocycles. The van der Waals surface area contributed by atoms with E-state index in [4.69, 9.17) is 0 Å². The molecule has 0 amide bonds. The van der Waals surface area contributed by atoms with Gasteiger partial charge in [0.1, 0.15) is 11.7 Å². The fourth-order valence-corrected chi connectivity index (χ4v) is 2.01. The van der Waals surface area contributed by atoms with Gasteiger partial charge in [0.15, 0.2) is 5.65 Å². The molecule has 3 N–H and O–H groups in total. The van der Waals surface area contributed by atoms with Crippen LogP contribution in [0.2, 0.25) is 0 Å². The van der Waals surface area contributed by atoms with E-state index in [0.29, 0.717) is 11.0 Å². The zero-order chi connectivity index (χ0) is 13.1. The zero-order valence-corrected chi connectivity index (χ0v) is 10.2. The number of nitrogens with zero attached hydrogens (tertiary/aromatic N) is 2. The predicted molar refractivity (Wildman–Crippen MR) is 71.5 cm³/mol. The summed E-state index contributed by atoms with van der Waals surface area (Å²) in [6.45, 7) is 2.10. The van der Waals surface area contributed by atoms with Crippen molar-refractivity contribution in [1.82, 2.24) is 25.5 Å². The summed E-state index contributed by atoms with van der Waals surface area (Å²) in [5, 5.41) is 8.77. The zero-order valence-electron chi connectivity index (χ0n) is 10.2. The fourth-order valence-electron chi connectivity index (χ4n) is 2.01. The molecule has 0 radical (unpaired) electrons. The van der Waals surface area contributed by atoms with Crippen molar-refractivity contribution in [3.63, 3.8) is 0 Å². The molecule has 0 saturated heterocycles. The molecule has 0 saturated carbocycles. The number of H-pyrrole nitrogens is 2. The third-order valence-electron chi connectivity index (χ3n) is 3.00. The SMILES string of the molecule is O=c1[nH][nH]c2ncncc12.c1ccc2c(c1)CNC2. The maximum Gasteiger partial charge on any atom is 0.275 e. The number of hydrogen-bond acceptors (Lipinski definition) is 4.